The third-order valence-corrected chi connectivity index (χ3v) is 5.25. The lowest BCUT2D eigenvalue weighted by Gasteiger charge is -2.32. The maximum atomic E-state index is 12.6. The number of benzene rings is 1. The van der Waals surface area contributed by atoms with Gasteiger partial charge in [0.1, 0.15) is 11.2 Å². The number of nitrogens with one attached hydrogen (secondary N) is 2. The molecule has 2 saturated heterocycles. The molecule has 1 aromatic heterocycles. The van der Waals surface area contributed by atoms with Gasteiger partial charge in [-0.15, -0.1) is 0 Å². The largest absolute Gasteiger partial charge is 0.346 e. The minimum Gasteiger partial charge on any atom is -0.346 e. The summed E-state index contributed by atoms with van der Waals surface area (Å²) in [4.78, 5) is 28.7. The topological polar surface area (TPSA) is 91.3 Å². The number of aromatic amines is 1. The molecule has 2 aliphatic heterocycles. The summed E-state index contributed by atoms with van der Waals surface area (Å²) >= 11 is 0. The first-order chi connectivity index (χ1) is 11.6. The quantitative estimate of drug-likeness (QED) is 0.669. The summed E-state index contributed by atoms with van der Waals surface area (Å²) in [6.07, 6.45) is 4.55. The number of para-hydroxylation sites is 1. The molecule has 1 amide bonds. The number of aromatic nitrogens is 1. The van der Waals surface area contributed by atoms with E-state index in [2.05, 4.69) is 15.2 Å². The Labute approximate surface area is 139 Å². The zero-order chi connectivity index (χ0) is 16.7. The number of nitrogens with zero attached hydrogens (tertiary/aromatic N) is 2. The van der Waals surface area contributed by atoms with E-state index in [0.29, 0.717) is 22.6 Å². The van der Waals surface area contributed by atoms with Crippen LogP contribution in [0.4, 0.5) is 5.69 Å². The Morgan fingerprint density at radius 2 is 2.17 bits per heavy atom. The van der Waals surface area contributed by atoms with Crippen molar-refractivity contribution in [1.82, 2.24) is 15.2 Å². The number of nitro benzene ring substituents is 1. The van der Waals surface area contributed by atoms with Crippen LogP contribution in [0.15, 0.2) is 24.3 Å². The first-order valence-electron chi connectivity index (χ1n) is 8.44. The summed E-state index contributed by atoms with van der Waals surface area (Å²) in [5.74, 6) is -0.182. The Balaban J connectivity index is 1.55. The average molecular weight is 328 g/mol. The molecule has 7 nitrogen and oxygen atoms in total. The van der Waals surface area contributed by atoms with Crippen LogP contribution in [0.2, 0.25) is 0 Å². The number of amides is 1. The zero-order valence-electron chi connectivity index (χ0n) is 13.3. The van der Waals surface area contributed by atoms with Crippen LogP contribution in [0, 0.1) is 10.1 Å². The molecule has 2 atom stereocenters. The molecule has 126 valence electrons. The Kier molecular flexibility index (Phi) is 3.72. The molecule has 2 aromatic rings. The highest BCUT2D eigenvalue weighted by molar-refractivity contribution is 6.00. The molecule has 0 bridgehead atoms. The van der Waals surface area contributed by atoms with Gasteiger partial charge in [-0.1, -0.05) is 18.6 Å². The lowest BCUT2D eigenvalue weighted by atomic mass is 9.99. The number of carbonyl (C=O) groups is 1. The second-order valence-corrected chi connectivity index (χ2v) is 6.65. The summed E-state index contributed by atoms with van der Waals surface area (Å²) in [5, 5.41) is 14.9. The molecule has 4 rings (SSSR count). The minimum absolute atomic E-state index is 0.00845. The van der Waals surface area contributed by atoms with Gasteiger partial charge in [0.05, 0.1) is 4.92 Å². The number of carbonyl (C=O) groups excluding carboxylic acids is 1. The summed E-state index contributed by atoms with van der Waals surface area (Å²) in [5.41, 5.74) is 0.776. The SMILES string of the molecule is O=C(N[C@@H]1CCN2CCCC[C@@H]12)c1cc2cccc([N+](=O)[O-])c2[nH]1. The van der Waals surface area contributed by atoms with Crippen molar-refractivity contribution in [1.29, 1.82) is 0 Å². The highest BCUT2D eigenvalue weighted by atomic mass is 16.6. The molecule has 0 aliphatic carbocycles. The number of nitro groups is 1. The number of hydrogen-bond acceptors (Lipinski definition) is 4. The summed E-state index contributed by atoms with van der Waals surface area (Å²) in [7, 11) is 0. The molecule has 24 heavy (non-hydrogen) atoms. The normalized spacial score (nSPS) is 24.0. The van der Waals surface area contributed by atoms with Gasteiger partial charge in [0.2, 0.25) is 0 Å². The van der Waals surface area contributed by atoms with E-state index in [1.807, 2.05) is 0 Å². The number of H-pyrrole nitrogens is 1. The maximum Gasteiger partial charge on any atom is 0.293 e. The Hall–Kier alpha value is -2.41. The number of hydrogen-bond donors (Lipinski definition) is 2. The molecule has 1 aromatic carbocycles. The van der Waals surface area contributed by atoms with Crippen LogP contribution in [0.3, 0.4) is 0 Å². The van der Waals surface area contributed by atoms with Crippen LogP contribution in [0.25, 0.3) is 10.9 Å². The van der Waals surface area contributed by atoms with Crippen LogP contribution in [-0.2, 0) is 0 Å². The van der Waals surface area contributed by atoms with Gasteiger partial charge < -0.3 is 10.3 Å². The molecule has 3 heterocycles. The maximum absolute atomic E-state index is 12.6. The van der Waals surface area contributed by atoms with Gasteiger partial charge in [-0.25, -0.2) is 0 Å². The zero-order valence-corrected chi connectivity index (χ0v) is 13.3. The fraction of sp³-hybridized carbons (Fsp3) is 0.471. The van der Waals surface area contributed by atoms with Crippen molar-refractivity contribution in [2.45, 2.75) is 37.8 Å². The number of fused-ring (bicyclic) bond motifs is 2. The predicted molar refractivity (Wildman–Crippen MR) is 90.0 cm³/mol. The van der Waals surface area contributed by atoms with Crippen molar-refractivity contribution >= 4 is 22.5 Å². The fourth-order valence-electron chi connectivity index (χ4n) is 4.08. The highest BCUT2D eigenvalue weighted by Crippen LogP contribution is 2.28. The van der Waals surface area contributed by atoms with E-state index in [1.54, 1.807) is 18.2 Å². The van der Waals surface area contributed by atoms with E-state index in [9.17, 15) is 14.9 Å². The lowest BCUT2D eigenvalue weighted by molar-refractivity contribution is -0.383. The molecule has 2 aliphatic rings. The fourth-order valence-corrected chi connectivity index (χ4v) is 4.08. The third kappa shape index (κ3) is 2.54. The van der Waals surface area contributed by atoms with Crippen LogP contribution in [0.5, 0.6) is 0 Å². The van der Waals surface area contributed by atoms with Crippen LogP contribution in [-0.4, -0.2) is 45.9 Å². The van der Waals surface area contributed by atoms with E-state index in [0.717, 1.165) is 25.9 Å². The van der Waals surface area contributed by atoms with Gasteiger partial charge in [0.15, 0.2) is 0 Å². The van der Waals surface area contributed by atoms with Gasteiger partial charge in [0.25, 0.3) is 11.6 Å². The van der Waals surface area contributed by atoms with Crippen LogP contribution >= 0.6 is 0 Å². The van der Waals surface area contributed by atoms with E-state index in [1.165, 1.54) is 18.9 Å². The Morgan fingerprint density at radius 3 is 3.00 bits per heavy atom. The van der Waals surface area contributed by atoms with E-state index in [4.69, 9.17) is 0 Å². The van der Waals surface area contributed by atoms with Crippen molar-refractivity contribution in [3.63, 3.8) is 0 Å². The van der Waals surface area contributed by atoms with Crippen molar-refractivity contribution in [3.05, 3.63) is 40.1 Å². The minimum atomic E-state index is -0.433. The number of rotatable bonds is 3. The van der Waals surface area contributed by atoms with Crippen molar-refractivity contribution in [2.75, 3.05) is 13.1 Å². The number of piperidine rings is 1. The van der Waals surface area contributed by atoms with Gasteiger partial charge >= 0.3 is 0 Å². The second kappa shape index (κ2) is 5.90. The molecule has 2 fully saturated rings. The van der Waals surface area contributed by atoms with Crippen LogP contribution < -0.4 is 5.32 Å². The Bertz CT molecular complexity index is 800. The smallest absolute Gasteiger partial charge is 0.293 e. The second-order valence-electron chi connectivity index (χ2n) is 6.65. The van der Waals surface area contributed by atoms with Gasteiger partial charge in [-0.3, -0.25) is 19.8 Å². The molecule has 2 N–H and O–H groups in total. The van der Waals surface area contributed by atoms with E-state index >= 15 is 0 Å². The first kappa shape index (κ1) is 15.1. The van der Waals surface area contributed by atoms with Crippen molar-refractivity contribution < 1.29 is 9.72 Å². The highest BCUT2D eigenvalue weighted by Gasteiger charge is 2.36. The lowest BCUT2D eigenvalue weighted by Crippen LogP contribution is -2.46. The van der Waals surface area contributed by atoms with E-state index < -0.39 is 4.92 Å². The van der Waals surface area contributed by atoms with Gasteiger partial charge in [-0.2, -0.15) is 0 Å². The average Bonchev–Trinajstić information content (AvgIpc) is 3.18. The van der Waals surface area contributed by atoms with Crippen molar-refractivity contribution in [2.24, 2.45) is 0 Å². The van der Waals surface area contributed by atoms with Gasteiger partial charge in [0, 0.05) is 30.1 Å². The van der Waals surface area contributed by atoms with Gasteiger partial charge in [-0.05, 0) is 31.9 Å². The first-order valence-corrected chi connectivity index (χ1v) is 8.44. The summed E-state index contributed by atoms with van der Waals surface area (Å²) in [6.45, 7) is 2.16. The molecule has 0 radical (unpaired) electrons. The van der Waals surface area contributed by atoms with Crippen LogP contribution in [0.1, 0.15) is 36.2 Å². The molecule has 7 heteroatoms. The molecule has 0 unspecified atom stereocenters. The Morgan fingerprint density at radius 1 is 1.29 bits per heavy atom. The summed E-state index contributed by atoms with van der Waals surface area (Å²) in [6, 6.07) is 7.13. The van der Waals surface area contributed by atoms with Crippen molar-refractivity contribution in [3.8, 4) is 0 Å². The molecular weight excluding hydrogens is 308 g/mol. The predicted octanol–water partition coefficient (Wildman–Crippen LogP) is 2.43. The standard InChI is InChI=1S/C17H20N4O3/c22-17(19-12-7-9-20-8-2-1-5-14(12)20)13-10-11-4-3-6-15(21(23)24)16(11)18-13/h3-4,6,10,12,14,18H,1-2,5,7-9H2,(H,19,22)/t12-,14+/m1/s1. The third-order valence-electron chi connectivity index (χ3n) is 5.25. The molecule has 0 spiro atoms. The molecule has 0 saturated carbocycles. The molecular formula is C17H20N4O3. The van der Waals surface area contributed by atoms with E-state index in [-0.39, 0.29) is 17.6 Å². The monoisotopic (exact) mass is 328 g/mol. The summed E-state index contributed by atoms with van der Waals surface area (Å²) < 4.78 is 0. The number of non-ortho nitro benzene ring substituents is 1.